The summed E-state index contributed by atoms with van der Waals surface area (Å²) in [6.07, 6.45) is -0.00168. The van der Waals surface area contributed by atoms with Crippen LogP contribution in [0, 0.1) is 0 Å². The van der Waals surface area contributed by atoms with Crippen molar-refractivity contribution in [2.24, 2.45) is 0 Å². The summed E-state index contributed by atoms with van der Waals surface area (Å²) in [5.74, 6) is 0.998. The van der Waals surface area contributed by atoms with Gasteiger partial charge in [0.15, 0.2) is 0 Å². The molecule has 176 valence electrons. The smallest absolute Gasteiger partial charge is 0.278 e. The summed E-state index contributed by atoms with van der Waals surface area (Å²) in [5.41, 5.74) is 1.64. The number of benzene rings is 2. The van der Waals surface area contributed by atoms with Crippen LogP contribution in [-0.2, 0) is 14.3 Å². The Balaban J connectivity index is 1.99. The molecule has 0 unspecified atom stereocenters. The SMILES string of the molecule is CCOc1ccc(C2=C(Nc3cc(OC)cc(OC)c3)C(=O)N(CCOC(C)C)C2=O)cc1. The van der Waals surface area contributed by atoms with Crippen molar-refractivity contribution in [3.05, 3.63) is 53.7 Å². The number of ether oxygens (including phenoxy) is 4. The molecule has 8 nitrogen and oxygen atoms in total. The zero-order chi connectivity index (χ0) is 24.0. The number of hydrogen-bond donors (Lipinski definition) is 1. The molecule has 1 aliphatic rings. The number of methoxy groups -OCH3 is 2. The van der Waals surface area contributed by atoms with Crippen LogP contribution in [0.4, 0.5) is 5.69 Å². The molecular formula is C25H30N2O6. The largest absolute Gasteiger partial charge is 0.497 e. The van der Waals surface area contributed by atoms with Crippen molar-refractivity contribution in [3.8, 4) is 17.2 Å². The zero-order valence-corrected chi connectivity index (χ0v) is 19.6. The topological polar surface area (TPSA) is 86.3 Å². The first kappa shape index (κ1) is 24.1. The van der Waals surface area contributed by atoms with Gasteiger partial charge in [0.05, 0.1) is 45.7 Å². The predicted octanol–water partition coefficient (Wildman–Crippen LogP) is 3.72. The Bertz CT molecular complexity index is 1010. The number of amides is 2. The molecule has 0 aromatic heterocycles. The molecule has 2 aromatic carbocycles. The minimum absolute atomic E-state index is 0.00168. The van der Waals surface area contributed by atoms with Gasteiger partial charge in [-0.3, -0.25) is 14.5 Å². The molecule has 0 atom stereocenters. The third kappa shape index (κ3) is 5.64. The van der Waals surface area contributed by atoms with Gasteiger partial charge in [0.25, 0.3) is 11.8 Å². The van der Waals surface area contributed by atoms with Gasteiger partial charge in [0.2, 0.25) is 0 Å². The van der Waals surface area contributed by atoms with Gasteiger partial charge in [-0.25, -0.2) is 0 Å². The lowest BCUT2D eigenvalue weighted by Gasteiger charge is -2.16. The van der Waals surface area contributed by atoms with Crippen LogP contribution in [0.1, 0.15) is 26.3 Å². The highest BCUT2D eigenvalue weighted by Gasteiger charge is 2.39. The molecule has 0 saturated heterocycles. The summed E-state index contributed by atoms with van der Waals surface area (Å²) in [4.78, 5) is 27.8. The van der Waals surface area contributed by atoms with Gasteiger partial charge in [-0.15, -0.1) is 0 Å². The van der Waals surface area contributed by atoms with E-state index in [2.05, 4.69) is 5.32 Å². The molecule has 3 rings (SSSR count). The fourth-order valence-corrected chi connectivity index (χ4v) is 3.45. The third-order valence-corrected chi connectivity index (χ3v) is 5.01. The Morgan fingerprint density at radius 2 is 1.55 bits per heavy atom. The number of hydrogen-bond acceptors (Lipinski definition) is 7. The lowest BCUT2D eigenvalue weighted by Crippen LogP contribution is -2.35. The molecule has 8 heteroatoms. The fourth-order valence-electron chi connectivity index (χ4n) is 3.45. The van der Waals surface area contributed by atoms with E-state index in [1.54, 1.807) is 56.7 Å². The van der Waals surface area contributed by atoms with E-state index in [-0.39, 0.29) is 36.4 Å². The molecule has 0 fully saturated rings. The van der Waals surface area contributed by atoms with Crippen molar-refractivity contribution in [1.82, 2.24) is 4.90 Å². The predicted molar refractivity (Wildman–Crippen MR) is 126 cm³/mol. The van der Waals surface area contributed by atoms with Crippen LogP contribution in [0.3, 0.4) is 0 Å². The Morgan fingerprint density at radius 3 is 2.09 bits per heavy atom. The van der Waals surface area contributed by atoms with Crippen LogP contribution >= 0.6 is 0 Å². The molecule has 0 saturated carbocycles. The Hall–Kier alpha value is -3.52. The third-order valence-electron chi connectivity index (χ3n) is 5.01. The standard InChI is InChI=1S/C25H30N2O6/c1-6-32-19-9-7-17(8-10-19)22-23(25(29)27(24(22)28)11-12-33-16(2)3)26-18-13-20(30-4)15-21(14-18)31-5/h7-10,13-16,26H,6,11-12H2,1-5H3. The van der Waals surface area contributed by atoms with Crippen LogP contribution in [0.15, 0.2) is 48.2 Å². The molecular weight excluding hydrogens is 424 g/mol. The average Bonchev–Trinajstić information content (AvgIpc) is 3.03. The molecule has 0 bridgehead atoms. The molecule has 1 aliphatic heterocycles. The van der Waals surface area contributed by atoms with Gasteiger partial charge in [0.1, 0.15) is 22.9 Å². The molecule has 0 radical (unpaired) electrons. The fraction of sp³-hybridized carbons (Fsp3) is 0.360. The first-order chi connectivity index (χ1) is 15.9. The number of carbonyl (C=O) groups excluding carboxylic acids is 2. The minimum Gasteiger partial charge on any atom is -0.497 e. The summed E-state index contributed by atoms with van der Waals surface area (Å²) in [5, 5.41) is 3.12. The quantitative estimate of drug-likeness (QED) is 0.518. The molecule has 2 amide bonds. The van der Waals surface area contributed by atoms with Crippen LogP contribution in [-0.4, -0.2) is 56.8 Å². The maximum atomic E-state index is 13.3. The van der Waals surface area contributed by atoms with Gasteiger partial charge in [-0.2, -0.15) is 0 Å². The van der Waals surface area contributed by atoms with E-state index in [9.17, 15) is 9.59 Å². The van der Waals surface area contributed by atoms with E-state index in [1.165, 1.54) is 4.90 Å². The summed E-state index contributed by atoms with van der Waals surface area (Å²) in [6.45, 7) is 6.65. The van der Waals surface area contributed by atoms with E-state index in [4.69, 9.17) is 18.9 Å². The monoisotopic (exact) mass is 454 g/mol. The number of nitrogens with one attached hydrogen (secondary N) is 1. The Labute approximate surface area is 194 Å². The van der Waals surface area contributed by atoms with E-state index < -0.39 is 5.91 Å². The second kappa shape index (κ2) is 10.9. The van der Waals surface area contributed by atoms with E-state index in [0.29, 0.717) is 35.1 Å². The van der Waals surface area contributed by atoms with Crippen molar-refractivity contribution in [1.29, 1.82) is 0 Å². The molecule has 1 heterocycles. The second-order valence-corrected chi connectivity index (χ2v) is 7.62. The lowest BCUT2D eigenvalue weighted by atomic mass is 10.0. The van der Waals surface area contributed by atoms with Crippen LogP contribution in [0.25, 0.3) is 5.57 Å². The van der Waals surface area contributed by atoms with Crippen molar-refractivity contribution in [3.63, 3.8) is 0 Å². The number of nitrogens with zero attached hydrogens (tertiary/aromatic N) is 1. The first-order valence-electron chi connectivity index (χ1n) is 10.8. The van der Waals surface area contributed by atoms with E-state index in [0.717, 1.165) is 0 Å². The molecule has 2 aromatic rings. The summed E-state index contributed by atoms with van der Waals surface area (Å²) in [7, 11) is 3.09. The number of rotatable bonds is 11. The van der Waals surface area contributed by atoms with Crippen LogP contribution in [0.5, 0.6) is 17.2 Å². The van der Waals surface area contributed by atoms with Gasteiger partial charge in [-0.05, 0) is 38.5 Å². The maximum Gasteiger partial charge on any atom is 0.278 e. The van der Waals surface area contributed by atoms with E-state index in [1.807, 2.05) is 20.8 Å². The van der Waals surface area contributed by atoms with Crippen molar-refractivity contribution in [2.75, 3.05) is 39.3 Å². The number of anilines is 1. The van der Waals surface area contributed by atoms with Crippen molar-refractivity contribution < 1.29 is 28.5 Å². The van der Waals surface area contributed by atoms with E-state index >= 15 is 0 Å². The highest BCUT2D eigenvalue weighted by atomic mass is 16.5. The molecule has 1 N–H and O–H groups in total. The minimum atomic E-state index is -0.418. The van der Waals surface area contributed by atoms with Gasteiger partial charge >= 0.3 is 0 Å². The maximum absolute atomic E-state index is 13.3. The molecule has 0 aliphatic carbocycles. The normalized spacial score (nSPS) is 13.7. The second-order valence-electron chi connectivity index (χ2n) is 7.62. The first-order valence-corrected chi connectivity index (χ1v) is 10.8. The van der Waals surface area contributed by atoms with Gasteiger partial charge in [-0.1, -0.05) is 12.1 Å². The molecule has 0 spiro atoms. The number of imide groups is 1. The van der Waals surface area contributed by atoms with Crippen molar-refractivity contribution >= 4 is 23.1 Å². The van der Waals surface area contributed by atoms with Gasteiger partial charge < -0.3 is 24.3 Å². The Morgan fingerprint density at radius 1 is 0.909 bits per heavy atom. The number of carbonyl (C=O) groups is 2. The summed E-state index contributed by atoms with van der Waals surface area (Å²) < 4.78 is 21.7. The average molecular weight is 455 g/mol. The molecule has 33 heavy (non-hydrogen) atoms. The van der Waals surface area contributed by atoms with Crippen LogP contribution < -0.4 is 19.5 Å². The highest BCUT2D eigenvalue weighted by Crippen LogP contribution is 2.33. The van der Waals surface area contributed by atoms with Gasteiger partial charge in [0, 0.05) is 23.9 Å². The zero-order valence-electron chi connectivity index (χ0n) is 19.6. The Kier molecular flexibility index (Phi) is 7.95. The summed E-state index contributed by atoms with van der Waals surface area (Å²) >= 11 is 0. The lowest BCUT2D eigenvalue weighted by molar-refractivity contribution is -0.137. The summed E-state index contributed by atoms with van der Waals surface area (Å²) in [6, 6.07) is 12.3. The highest BCUT2D eigenvalue weighted by molar-refractivity contribution is 6.36. The van der Waals surface area contributed by atoms with Crippen molar-refractivity contribution in [2.45, 2.75) is 26.9 Å². The van der Waals surface area contributed by atoms with Crippen LogP contribution in [0.2, 0.25) is 0 Å².